The van der Waals surface area contributed by atoms with Crippen LogP contribution in [-0.2, 0) is 11.4 Å². The molecule has 0 aliphatic carbocycles. The molecule has 5 nitrogen and oxygen atoms in total. The number of ether oxygens (including phenoxy) is 4. The van der Waals surface area contributed by atoms with Crippen molar-refractivity contribution in [2.24, 2.45) is 0 Å². The number of halogens is 1. The summed E-state index contributed by atoms with van der Waals surface area (Å²) in [6, 6.07) is 19.9. The van der Waals surface area contributed by atoms with E-state index in [0.717, 1.165) is 11.1 Å². The molecule has 0 amide bonds. The Labute approximate surface area is 186 Å². The van der Waals surface area contributed by atoms with Crippen LogP contribution in [0, 0.1) is 0 Å². The van der Waals surface area contributed by atoms with Gasteiger partial charge in [0, 0.05) is 11.1 Å². The molecule has 3 aromatic rings. The Morgan fingerprint density at radius 3 is 2.32 bits per heavy atom. The van der Waals surface area contributed by atoms with E-state index in [-0.39, 0.29) is 0 Å². The van der Waals surface area contributed by atoms with E-state index in [1.54, 1.807) is 43.5 Å². The summed E-state index contributed by atoms with van der Waals surface area (Å²) in [5, 5.41) is 0.678. The molecule has 0 bridgehead atoms. The summed E-state index contributed by atoms with van der Waals surface area (Å²) >= 11 is 5.91. The lowest BCUT2D eigenvalue weighted by molar-refractivity contribution is -0.129. The highest BCUT2D eigenvalue weighted by atomic mass is 35.5. The molecule has 0 atom stereocenters. The van der Waals surface area contributed by atoms with Gasteiger partial charge in [0.15, 0.2) is 23.0 Å². The zero-order valence-corrected chi connectivity index (χ0v) is 18.1. The van der Waals surface area contributed by atoms with E-state index < -0.39 is 5.97 Å². The Kier molecular flexibility index (Phi) is 7.96. The molecule has 3 rings (SSSR count). The van der Waals surface area contributed by atoms with E-state index in [2.05, 4.69) is 0 Å². The van der Waals surface area contributed by atoms with Crippen molar-refractivity contribution in [2.45, 2.75) is 13.5 Å². The van der Waals surface area contributed by atoms with E-state index in [1.165, 1.54) is 6.08 Å². The minimum absolute atomic E-state index is 0.377. The fourth-order valence-corrected chi connectivity index (χ4v) is 2.89. The molecule has 0 aliphatic rings. The van der Waals surface area contributed by atoms with Crippen LogP contribution in [0.5, 0.6) is 23.0 Å². The molecular formula is C25H23ClO5. The number of methoxy groups -OCH3 is 1. The average molecular weight is 439 g/mol. The summed E-state index contributed by atoms with van der Waals surface area (Å²) in [5.41, 5.74) is 1.76. The van der Waals surface area contributed by atoms with Crippen molar-refractivity contribution in [1.82, 2.24) is 0 Å². The first-order valence-electron chi connectivity index (χ1n) is 9.76. The van der Waals surface area contributed by atoms with Crippen LogP contribution in [-0.4, -0.2) is 19.7 Å². The van der Waals surface area contributed by atoms with Crippen LogP contribution in [0.15, 0.2) is 72.8 Å². The third-order valence-corrected chi connectivity index (χ3v) is 4.52. The van der Waals surface area contributed by atoms with Crippen molar-refractivity contribution in [1.29, 1.82) is 0 Å². The lowest BCUT2D eigenvalue weighted by atomic mass is 10.2. The lowest BCUT2D eigenvalue weighted by Crippen LogP contribution is -2.05. The first kappa shape index (κ1) is 22.2. The van der Waals surface area contributed by atoms with Crippen molar-refractivity contribution < 1.29 is 23.7 Å². The smallest absolute Gasteiger partial charge is 0.336 e. The lowest BCUT2D eigenvalue weighted by Gasteiger charge is -2.11. The van der Waals surface area contributed by atoms with Crippen molar-refractivity contribution in [2.75, 3.05) is 13.7 Å². The Hall–Kier alpha value is -3.44. The van der Waals surface area contributed by atoms with Gasteiger partial charge < -0.3 is 18.9 Å². The summed E-state index contributed by atoms with van der Waals surface area (Å²) in [7, 11) is 1.57. The molecule has 160 valence electrons. The maximum Gasteiger partial charge on any atom is 0.336 e. The number of carbonyl (C=O) groups excluding carboxylic acids is 1. The highest BCUT2D eigenvalue weighted by Crippen LogP contribution is 2.30. The van der Waals surface area contributed by atoms with Gasteiger partial charge in [-0.3, -0.25) is 0 Å². The third-order valence-electron chi connectivity index (χ3n) is 4.27. The fraction of sp³-hybridized carbons (Fsp3) is 0.160. The third kappa shape index (κ3) is 6.52. The molecule has 0 saturated heterocycles. The van der Waals surface area contributed by atoms with Gasteiger partial charge in [0.25, 0.3) is 0 Å². The van der Waals surface area contributed by atoms with Gasteiger partial charge in [0.1, 0.15) is 6.61 Å². The Bertz CT molecular complexity index is 1040. The second-order valence-corrected chi connectivity index (χ2v) is 6.90. The van der Waals surface area contributed by atoms with Crippen LogP contribution < -0.4 is 18.9 Å². The molecule has 31 heavy (non-hydrogen) atoms. The summed E-state index contributed by atoms with van der Waals surface area (Å²) in [6.07, 6.45) is 3.00. The van der Waals surface area contributed by atoms with Gasteiger partial charge >= 0.3 is 5.97 Å². The summed E-state index contributed by atoms with van der Waals surface area (Å²) in [6.45, 7) is 2.74. The van der Waals surface area contributed by atoms with Crippen LogP contribution in [0.25, 0.3) is 6.08 Å². The zero-order chi connectivity index (χ0) is 22.1. The minimum Gasteiger partial charge on any atom is -0.493 e. The predicted octanol–water partition coefficient (Wildman–Crippen LogP) is 5.95. The molecule has 6 heteroatoms. The quantitative estimate of drug-likeness (QED) is 0.235. The monoisotopic (exact) mass is 438 g/mol. The summed E-state index contributed by atoms with van der Waals surface area (Å²) in [5.74, 6) is 1.56. The van der Waals surface area contributed by atoms with Gasteiger partial charge in [-0.2, -0.15) is 0 Å². The van der Waals surface area contributed by atoms with Crippen molar-refractivity contribution in [3.63, 3.8) is 0 Å². The second kappa shape index (κ2) is 11.1. The maximum atomic E-state index is 12.2. The molecule has 0 spiro atoms. The zero-order valence-electron chi connectivity index (χ0n) is 17.3. The van der Waals surface area contributed by atoms with E-state index in [9.17, 15) is 4.79 Å². The normalized spacial score (nSPS) is 10.7. The van der Waals surface area contributed by atoms with Gasteiger partial charge in [0.2, 0.25) is 0 Å². The predicted molar refractivity (Wildman–Crippen MR) is 121 cm³/mol. The largest absolute Gasteiger partial charge is 0.493 e. The van der Waals surface area contributed by atoms with E-state index in [4.69, 9.17) is 30.5 Å². The molecule has 0 saturated carbocycles. The van der Waals surface area contributed by atoms with Crippen LogP contribution in [0.3, 0.4) is 0 Å². The van der Waals surface area contributed by atoms with E-state index in [1.807, 2.05) is 43.3 Å². The molecule has 0 radical (unpaired) electrons. The number of hydrogen-bond donors (Lipinski definition) is 0. The standard InChI is InChI=1S/C25H23ClO5/c1-3-29-21-6-4-5-7-23(21)31-25(27)15-11-18-10-14-22(24(16-18)28-2)30-17-19-8-12-20(26)13-9-19/h4-16H,3,17H2,1-2H3/b15-11+. The molecule has 0 heterocycles. The van der Waals surface area contributed by atoms with Crippen molar-refractivity contribution in [3.05, 3.63) is 89.0 Å². The Morgan fingerprint density at radius 1 is 0.903 bits per heavy atom. The average Bonchev–Trinajstić information content (AvgIpc) is 2.79. The fourth-order valence-electron chi connectivity index (χ4n) is 2.76. The van der Waals surface area contributed by atoms with Crippen LogP contribution in [0.2, 0.25) is 5.02 Å². The second-order valence-electron chi connectivity index (χ2n) is 6.46. The number of rotatable bonds is 9. The highest BCUT2D eigenvalue weighted by molar-refractivity contribution is 6.30. The molecule has 3 aromatic carbocycles. The molecule has 0 aromatic heterocycles. The molecule has 0 N–H and O–H groups in total. The molecule has 0 aliphatic heterocycles. The van der Waals surface area contributed by atoms with Crippen LogP contribution in [0.1, 0.15) is 18.1 Å². The van der Waals surface area contributed by atoms with Crippen LogP contribution in [0.4, 0.5) is 0 Å². The number of esters is 1. The first-order valence-corrected chi connectivity index (χ1v) is 10.1. The summed E-state index contributed by atoms with van der Waals surface area (Å²) < 4.78 is 22.1. The maximum absolute atomic E-state index is 12.2. The number of carbonyl (C=O) groups is 1. The highest BCUT2D eigenvalue weighted by Gasteiger charge is 2.09. The Morgan fingerprint density at radius 2 is 1.61 bits per heavy atom. The topological polar surface area (TPSA) is 54.0 Å². The SMILES string of the molecule is CCOc1ccccc1OC(=O)/C=C/c1ccc(OCc2ccc(Cl)cc2)c(OC)c1. The van der Waals surface area contributed by atoms with Gasteiger partial charge in [-0.05, 0) is 60.5 Å². The van der Waals surface area contributed by atoms with Gasteiger partial charge in [-0.15, -0.1) is 0 Å². The summed E-state index contributed by atoms with van der Waals surface area (Å²) in [4.78, 5) is 12.2. The van der Waals surface area contributed by atoms with Crippen molar-refractivity contribution in [3.8, 4) is 23.0 Å². The minimum atomic E-state index is -0.505. The van der Waals surface area contributed by atoms with E-state index >= 15 is 0 Å². The van der Waals surface area contributed by atoms with E-state index in [0.29, 0.717) is 41.2 Å². The van der Waals surface area contributed by atoms with Gasteiger partial charge in [0.05, 0.1) is 13.7 Å². The number of hydrogen-bond acceptors (Lipinski definition) is 5. The number of para-hydroxylation sites is 2. The number of benzene rings is 3. The molecule has 0 unspecified atom stereocenters. The first-order chi connectivity index (χ1) is 15.1. The van der Waals surface area contributed by atoms with Crippen LogP contribution >= 0.6 is 11.6 Å². The van der Waals surface area contributed by atoms with Crippen molar-refractivity contribution >= 4 is 23.6 Å². The molecule has 0 fully saturated rings. The molecular weight excluding hydrogens is 416 g/mol. The Balaban J connectivity index is 1.64. The van der Waals surface area contributed by atoms with Gasteiger partial charge in [-0.1, -0.05) is 41.9 Å². The van der Waals surface area contributed by atoms with Gasteiger partial charge in [-0.25, -0.2) is 4.79 Å².